The highest BCUT2D eigenvalue weighted by molar-refractivity contribution is 7.92. The second-order valence-electron chi connectivity index (χ2n) is 8.85. The van der Waals surface area contributed by atoms with E-state index in [1.165, 1.54) is 36.4 Å². The number of amides is 1. The molecule has 1 amide bonds. The van der Waals surface area contributed by atoms with Gasteiger partial charge in [0.25, 0.3) is 15.9 Å². The molecule has 0 unspecified atom stereocenters. The summed E-state index contributed by atoms with van der Waals surface area (Å²) in [6.07, 6.45) is 3.32. The number of likely N-dealkylation sites (tertiary alicyclic amines) is 1. The normalized spacial score (nSPS) is 13.9. The number of carbonyl (C=O) groups is 1. The van der Waals surface area contributed by atoms with Crippen molar-refractivity contribution in [1.82, 2.24) is 10.2 Å². The molecule has 0 radical (unpaired) electrons. The van der Waals surface area contributed by atoms with Crippen LogP contribution in [0.4, 0.5) is 5.69 Å². The minimum Gasteiger partial charge on any atom is -0.497 e. The summed E-state index contributed by atoms with van der Waals surface area (Å²) in [6.45, 7) is 3.82. The zero-order chi connectivity index (χ0) is 25.4. The second kappa shape index (κ2) is 12.1. The van der Waals surface area contributed by atoms with Gasteiger partial charge in [-0.25, -0.2) is 8.42 Å². The lowest BCUT2D eigenvalue weighted by atomic mass is 10.1. The van der Waals surface area contributed by atoms with Crippen LogP contribution in [-0.4, -0.2) is 52.5 Å². The smallest absolute Gasteiger partial charge is 0.264 e. The third-order valence-electron chi connectivity index (χ3n) is 6.37. The van der Waals surface area contributed by atoms with Crippen LogP contribution in [-0.2, 0) is 16.6 Å². The molecule has 0 spiro atoms. The summed E-state index contributed by atoms with van der Waals surface area (Å²) >= 11 is 0. The van der Waals surface area contributed by atoms with Crippen LogP contribution in [0.2, 0.25) is 0 Å². The molecule has 8 heteroatoms. The van der Waals surface area contributed by atoms with Crippen LogP contribution in [0, 0.1) is 0 Å². The van der Waals surface area contributed by atoms with Gasteiger partial charge in [0, 0.05) is 6.54 Å². The van der Waals surface area contributed by atoms with Crippen molar-refractivity contribution in [3.8, 4) is 5.75 Å². The minimum atomic E-state index is -3.98. The maximum Gasteiger partial charge on any atom is 0.264 e. The summed E-state index contributed by atoms with van der Waals surface area (Å²) in [5, 5.41) is 2.98. The van der Waals surface area contributed by atoms with E-state index in [1.807, 2.05) is 30.3 Å². The van der Waals surface area contributed by atoms with Gasteiger partial charge in [-0.15, -0.1) is 0 Å². The summed E-state index contributed by atoms with van der Waals surface area (Å²) in [5.74, 6) is 0.285. The lowest BCUT2D eigenvalue weighted by Gasteiger charge is -2.27. The molecule has 4 rings (SSSR count). The maximum absolute atomic E-state index is 13.9. The fraction of sp³-hybridized carbons (Fsp3) is 0.321. The van der Waals surface area contributed by atoms with Gasteiger partial charge < -0.3 is 15.0 Å². The van der Waals surface area contributed by atoms with Crippen molar-refractivity contribution < 1.29 is 17.9 Å². The topological polar surface area (TPSA) is 79.0 Å². The van der Waals surface area contributed by atoms with Crippen LogP contribution in [0.5, 0.6) is 5.75 Å². The molecule has 0 aromatic heterocycles. The minimum absolute atomic E-state index is 0.0917. The molecule has 0 saturated carbocycles. The van der Waals surface area contributed by atoms with Gasteiger partial charge in [-0.3, -0.25) is 9.10 Å². The molecule has 1 heterocycles. The molecule has 190 valence electrons. The Bertz CT molecular complexity index is 1240. The Morgan fingerprint density at radius 2 is 1.61 bits per heavy atom. The fourth-order valence-electron chi connectivity index (χ4n) is 4.41. The van der Waals surface area contributed by atoms with Crippen molar-refractivity contribution in [1.29, 1.82) is 0 Å². The first kappa shape index (κ1) is 25.7. The molecule has 1 fully saturated rings. The highest BCUT2D eigenvalue weighted by Gasteiger charge is 2.28. The Kier molecular flexibility index (Phi) is 8.61. The number of hydrogen-bond acceptors (Lipinski definition) is 5. The number of rotatable bonds is 11. The van der Waals surface area contributed by atoms with Crippen LogP contribution in [0.15, 0.2) is 83.8 Å². The van der Waals surface area contributed by atoms with Crippen LogP contribution in [0.1, 0.15) is 35.2 Å². The summed E-state index contributed by atoms with van der Waals surface area (Å²) in [5.41, 5.74) is 1.48. The van der Waals surface area contributed by atoms with E-state index in [4.69, 9.17) is 4.74 Å². The lowest BCUT2D eigenvalue weighted by molar-refractivity contribution is 0.0952. The van der Waals surface area contributed by atoms with E-state index < -0.39 is 10.0 Å². The van der Waals surface area contributed by atoms with Crippen LogP contribution < -0.4 is 14.4 Å². The second-order valence-corrected chi connectivity index (χ2v) is 10.7. The largest absolute Gasteiger partial charge is 0.497 e. The van der Waals surface area contributed by atoms with Gasteiger partial charge in [-0.05, 0) is 80.9 Å². The van der Waals surface area contributed by atoms with Gasteiger partial charge in [0.1, 0.15) is 5.75 Å². The maximum atomic E-state index is 13.9. The van der Waals surface area contributed by atoms with Crippen molar-refractivity contribution in [2.45, 2.75) is 30.7 Å². The molecule has 1 saturated heterocycles. The number of sulfonamides is 1. The molecule has 1 aliphatic heterocycles. The van der Waals surface area contributed by atoms with E-state index >= 15 is 0 Å². The average molecular weight is 508 g/mol. The quantitative estimate of drug-likeness (QED) is 0.392. The zero-order valence-electron chi connectivity index (χ0n) is 20.6. The number of para-hydroxylation sites is 1. The van der Waals surface area contributed by atoms with Crippen LogP contribution in [0.25, 0.3) is 0 Å². The molecule has 0 atom stereocenters. The summed E-state index contributed by atoms with van der Waals surface area (Å²) in [7, 11) is -2.45. The third-order valence-corrected chi connectivity index (χ3v) is 8.14. The first-order chi connectivity index (χ1) is 17.5. The first-order valence-electron chi connectivity index (χ1n) is 12.3. The molecule has 7 nitrogen and oxygen atoms in total. The Hall–Kier alpha value is -3.36. The molecule has 1 aliphatic rings. The van der Waals surface area contributed by atoms with E-state index in [0.717, 1.165) is 31.6 Å². The van der Waals surface area contributed by atoms with E-state index in [0.29, 0.717) is 23.5 Å². The molecule has 3 aromatic rings. The van der Waals surface area contributed by atoms with Crippen molar-refractivity contribution in [2.24, 2.45) is 0 Å². The molecular weight excluding hydrogens is 474 g/mol. The Balaban J connectivity index is 1.61. The number of anilines is 1. The molecule has 3 aromatic carbocycles. The summed E-state index contributed by atoms with van der Waals surface area (Å²) < 4.78 is 34.2. The number of benzene rings is 3. The number of nitrogens with zero attached hydrogens (tertiary/aromatic N) is 2. The van der Waals surface area contributed by atoms with Gasteiger partial charge in [0.05, 0.1) is 29.8 Å². The van der Waals surface area contributed by atoms with Gasteiger partial charge in [0.2, 0.25) is 0 Å². The summed E-state index contributed by atoms with van der Waals surface area (Å²) in [6, 6.07) is 22.5. The van der Waals surface area contributed by atoms with E-state index in [2.05, 4.69) is 10.2 Å². The Morgan fingerprint density at radius 1 is 0.944 bits per heavy atom. The van der Waals surface area contributed by atoms with Gasteiger partial charge in [-0.2, -0.15) is 0 Å². The van der Waals surface area contributed by atoms with Gasteiger partial charge >= 0.3 is 0 Å². The van der Waals surface area contributed by atoms with E-state index in [-0.39, 0.29) is 17.3 Å². The van der Waals surface area contributed by atoms with Crippen molar-refractivity contribution in [3.05, 3.63) is 90.0 Å². The number of ether oxygens (including phenoxy) is 1. The zero-order valence-corrected chi connectivity index (χ0v) is 21.4. The number of hydrogen-bond donors (Lipinski definition) is 1. The molecule has 0 aliphatic carbocycles. The number of nitrogens with one attached hydrogen (secondary N) is 1. The molecular formula is C28H33N3O4S. The van der Waals surface area contributed by atoms with Gasteiger partial charge in [-0.1, -0.05) is 42.5 Å². The van der Waals surface area contributed by atoms with E-state index in [9.17, 15) is 13.2 Å². The summed E-state index contributed by atoms with van der Waals surface area (Å²) in [4.78, 5) is 15.7. The van der Waals surface area contributed by atoms with Crippen LogP contribution in [0.3, 0.4) is 0 Å². The Morgan fingerprint density at radius 3 is 2.31 bits per heavy atom. The SMILES string of the molecule is COc1ccc(S(=O)(=O)N(Cc2ccccc2)c2ccccc2C(=O)NCCCN2CCCC2)cc1. The predicted octanol–water partition coefficient (Wildman–Crippen LogP) is 4.31. The number of carbonyl (C=O) groups excluding carboxylic acids is 1. The number of methoxy groups -OCH3 is 1. The molecule has 0 bridgehead atoms. The first-order valence-corrected chi connectivity index (χ1v) is 13.7. The molecule has 36 heavy (non-hydrogen) atoms. The predicted molar refractivity (Wildman–Crippen MR) is 142 cm³/mol. The fourth-order valence-corrected chi connectivity index (χ4v) is 5.88. The standard InChI is InChI=1S/C28H33N3O4S/c1-35-24-14-16-25(17-15-24)36(33,34)31(22-23-10-3-2-4-11-23)27-13-6-5-12-26(27)28(32)29-18-9-21-30-19-7-8-20-30/h2-6,10-17H,7-9,18-22H2,1H3,(H,29,32). The van der Waals surface area contributed by atoms with Crippen molar-refractivity contribution in [3.63, 3.8) is 0 Å². The highest BCUT2D eigenvalue weighted by Crippen LogP contribution is 2.30. The van der Waals surface area contributed by atoms with Crippen molar-refractivity contribution >= 4 is 21.6 Å². The lowest BCUT2D eigenvalue weighted by Crippen LogP contribution is -2.34. The third kappa shape index (κ3) is 6.25. The Labute approximate surface area is 213 Å². The molecule has 1 N–H and O–H groups in total. The van der Waals surface area contributed by atoms with Gasteiger partial charge in [0.15, 0.2) is 0 Å². The van der Waals surface area contributed by atoms with Crippen LogP contribution >= 0.6 is 0 Å². The van der Waals surface area contributed by atoms with Crippen molar-refractivity contribution in [2.75, 3.05) is 37.6 Å². The highest BCUT2D eigenvalue weighted by atomic mass is 32.2. The van der Waals surface area contributed by atoms with E-state index in [1.54, 1.807) is 36.4 Å². The average Bonchev–Trinajstić information content (AvgIpc) is 3.44. The monoisotopic (exact) mass is 507 g/mol.